The molecular formula is C13H10ClNO3. The van der Waals surface area contributed by atoms with Crippen LogP contribution in [0.3, 0.4) is 0 Å². The van der Waals surface area contributed by atoms with Gasteiger partial charge >= 0.3 is 5.97 Å². The van der Waals surface area contributed by atoms with Crippen LogP contribution in [0.15, 0.2) is 42.6 Å². The van der Waals surface area contributed by atoms with Crippen LogP contribution in [0.1, 0.15) is 5.56 Å². The first kappa shape index (κ1) is 12.4. The highest BCUT2D eigenvalue weighted by atomic mass is 35.5. The largest absolute Gasteiger partial charge is 0.481 e. The Morgan fingerprint density at radius 1 is 1.28 bits per heavy atom. The van der Waals surface area contributed by atoms with Crippen molar-refractivity contribution >= 4 is 17.6 Å². The first-order valence-electron chi connectivity index (χ1n) is 5.25. The third-order valence-electron chi connectivity index (χ3n) is 2.25. The van der Waals surface area contributed by atoms with Gasteiger partial charge in [0, 0.05) is 11.8 Å². The van der Waals surface area contributed by atoms with E-state index in [1.165, 1.54) is 0 Å². The Kier molecular flexibility index (Phi) is 3.79. The highest BCUT2D eigenvalue weighted by Gasteiger charge is 2.10. The molecule has 0 unspecified atom stereocenters. The maximum Gasteiger partial charge on any atom is 0.307 e. The molecule has 0 saturated carbocycles. The number of aromatic nitrogens is 1. The highest BCUT2D eigenvalue weighted by molar-refractivity contribution is 6.31. The maximum absolute atomic E-state index is 10.7. The van der Waals surface area contributed by atoms with Crippen molar-refractivity contribution in [3.8, 4) is 11.6 Å². The van der Waals surface area contributed by atoms with Crippen molar-refractivity contribution in [2.45, 2.75) is 6.42 Å². The average molecular weight is 264 g/mol. The van der Waals surface area contributed by atoms with E-state index in [0.717, 1.165) is 0 Å². The number of hydrogen-bond donors (Lipinski definition) is 1. The van der Waals surface area contributed by atoms with E-state index in [-0.39, 0.29) is 12.3 Å². The fourth-order valence-corrected chi connectivity index (χ4v) is 1.62. The van der Waals surface area contributed by atoms with E-state index in [1.807, 2.05) is 0 Å². The minimum Gasteiger partial charge on any atom is -0.481 e. The maximum atomic E-state index is 10.7. The van der Waals surface area contributed by atoms with Gasteiger partial charge in [0.25, 0.3) is 0 Å². The Labute approximate surface area is 109 Å². The third-order valence-corrected chi connectivity index (χ3v) is 2.53. The minimum atomic E-state index is -0.918. The number of aliphatic carboxylic acids is 1. The van der Waals surface area contributed by atoms with Gasteiger partial charge < -0.3 is 9.84 Å². The number of nitrogens with zero attached hydrogens (tertiary/aromatic N) is 1. The standard InChI is InChI=1S/C13H10ClNO3/c14-10-5-3-7-15-13(10)18-11-6-2-1-4-9(11)8-12(16)17/h1-7H,8H2,(H,16,17). The summed E-state index contributed by atoms with van der Waals surface area (Å²) in [7, 11) is 0. The Balaban J connectivity index is 2.29. The molecule has 5 heteroatoms. The first-order valence-corrected chi connectivity index (χ1v) is 5.62. The number of para-hydroxylation sites is 1. The summed E-state index contributed by atoms with van der Waals surface area (Å²) in [5, 5.41) is 9.19. The number of carboxylic acids is 1. The molecule has 1 aromatic carbocycles. The number of carboxylic acid groups (broad SMARTS) is 1. The van der Waals surface area contributed by atoms with Crippen LogP contribution in [-0.4, -0.2) is 16.1 Å². The smallest absolute Gasteiger partial charge is 0.307 e. The predicted molar refractivity (Wildman–Crippen MR) is 67.1 cm³/mol. The molecule has 0 aliphatic heterocycles. The number of pyridine rings is 1. The second-order valence-electron chi connectivity index (χ2n) is 3.57. The van der Waals surface area contributed by atoms with Crippen molar-refractivity contribution in [2.24, 2.45) is 0 Å². The van der Waals surface area contributed by atoms with Crippen LogP contribution < -0.4 is 4.74 Å². The molecule has 0 fully saturated rings. The molecule has 92 valence electrons. The third kappa shape index (κ3) is 2.99. The molecule has 0 aliphatic carbocycles. The van der Waals surface area contributed by atoms with E-state index >= 15 is 0 Å². The summed E-state index contributed by atoms with van der Waals surface area (Å²) in [5.74, 6) is -0.212. The normalized spacial score (nSPS) is 10.1. The quantitative estimate of drug-likeness (QED) is 0.920. The summed E-state index contributed by atoms with van der Waals surface area (Å²) in [6.45, 7) is 0. The van der Waals surface area contributed by atoms with Gasteiger partial charge in [0.05, 0.1) is 6.42 Å². The summed E-state index contributed by atoms with van der Waals surface area (Å²) >= 11 is 5.93. The molecule has 2 aromatic rings. The topological polar surface area (TPSA) is 59.4 Å². The molecule has 1 aromatic heterocycles. The SMILES string of the molecule is O=C(O)Cc1ccccc1Oc1ncccc1Cl. The number of carbonyl (C=O) groups is 1. The van der Waals surface area contributed by atoms with Gasteiger partial charge in [0.1, 0.15) is 10.8 Å². The van der Waals surface area contributed by atoms with Crippen molar-refractivity contribution in [2.75, 3.05) is 0 Å². The second kappa shape index (κ2) is 5.51. The number of hydrogen-bond acceptors (Lipinski definition) is 3. The summed E-state index contributed by atoms with van der Waals surface area (Å²) < 4.78 is 5.53. The van der Waals surface area contributed by atoms with Gasteiger partial charge in [-0.1, -0.05) is 29.8 Å². The van der Waals surface area contributed by atoms with E-state index < -0.39 is 5.97 Å². The summed E-state index contributed by atoms with van der Waals surface area (Å²) in [6.07, 6.45) is 1.45. The molecule has 0 atom stereocenters. The average Bonchev–Trinajstić information content (AvgIpc) is 2.34. The molecule has 18 heavy (non-hydrogen) atoms. The van der Waals surface area contributed by atoms with Crippen LogP contribution in [0, 0.1) is 0 Å². The number of benzene rings is 1. The van der Waals surface area contributed by atoms with E-state index in [9.17, 15) is 4.79 Å². The van der Waals surface area contributed by atoms with Gasteiger partial charge in [-0.2, -0.15) is 0 Å². The Hall–Kier alpha value is -2.07. The summed E-state index contributed by atoms with van der Waals surface area (Å²) in [6, 6.07) is 10.2. The second-order valence-corrected chi connectivity index (χ2v) is 3.98. The van der Waals surface area contributed by atoms with Crippen molar-refractivity contribution < 1.29 is 14.6 Å². The Bertz CT molecular complexity index is 572. The zero-order valence-corrected chi connectivity index (χ0v) is 10.1. The van der Waals surface area contributed by atoms with E-state index in [0.29, 0.717) is 16.3 Å². The zero-order chi connectivity index (χ0) is 13.0. The molecule has 2 rings (SSSR count). The molecule has 0 spiro atoms. The van der Waals surface area contributed by atoms with Gasteiger partial charge in [-0.3, -0.25) is 4.79 Å². The molecule has 0 saturated heterocycles. The summed E-state index contributed by atoms with van der Waals surface area (Å²) in [4.78, 5) is 14.7. The van der Waals surface area contributed by atoms with Gasteiger partial charge in [0.15, 0.2) is 0 Å². The van der Waals surface area contributed by atoms with Gasteiger partial charge in [0.2, 0.25) is 5.88 Å². The molecule has 0 radical (unpaired) electrons. The lowest BCUT2D eigenvalue weighted by Gasteiger charge is -2.09. The molecule has 0 bridgehead atoms. The minimum absolute atomic E-state index is 0.110. The van der Waals surface area contributed by atoms with Crippen molar-refractivity contribution in [3.05, 3.63) is 53.2 Å². The van der Waals surface area contributed by atoms with Crippen molar-refractivity contribution in [1.82, 2.24) is 4.98 Å². The van der Waals surface area contributed by atoms with Crippen molar-refractivity contribution in [1.29, 1.82) is 0 Å². The fourth-order valence-electron chi connectivity index (χ4n) is 1.46. The van der Waals surface area contributed by atoms with Crippen LogP contribution in [0.25, 0.3) is 0 Å². The number of ether oxygens (including phenoxy) is 1. The predicted octanol–water partition coefficient (Wildman–Crippen LogP) is 3.15. The Morgan fingerprint density at radius 2 is 2.06 bits per heavy atom. The molecular weight excluding hydrogens is 254 g/mol. The van der Waals surface area contributed by atoms with Gasteiger partial charge in [-0.15, -0.1) is 0 Å². The zero-order valence-electron chi connectivity index (χ0n) is 9.34. The van der Waals surface area contributed by atoms with Gasteiger partial charge in [-0.05, 0) is 18.2 Å². The van der Waals surface area contributed by atoms with E-state index in [2.05, 4.69) is 4.98 Å². The lowest BCUT2D eigenvalue weighted by molar-refractivity contribution is -0.136. The monoisotopic (exact) mass is 263 g/mol. The highest BCUT2D eigenvalue weighted by Crippen LogP contribution is 2.28. The summed E-state index contributed by atoms with van der Waals surface area (Å²) in [5.41, 5.74) is 0.576. The van der Waals surface area contributed by atoms with Crippen LogP contribution >= 0.6 is 11.6 Å². The number of rotatable bonds is 4. The lowest BCUT2D eigenvalue weighted by Crippen LogP contribution is -2.02. The van der Waals surface area contributed by atoms with Crippen LogP contribution in [0.4, 0.5) is 0 Å². The number of halogens is 1. The first-order chi connectivity index (χ1) is 8.66. The van der Waals surface area contributed by atoms with Crippen LogP contribution in [0.5, 0.6) is 11.6 Å². The van der Waals surface area contributed by atoms with Crippen LogP contribution in [0.2, 0.25) is 5.02 Å². The molecule has 1 heterocycles. The van der Waals surface area contributed by atoms with E-state index in [1.54, 1.807) is 42.6 Å². The van der Waals surface area contributed by atoms with Crippen LogP contribution in [-0.2, 0) is 11.2 Å². The van der Waals surface area contributed by atoms with Crippen molar-refractivity contribution in [3.63, 3.8) is 0 Å². The lowest BCUT2D eigenvalue weighted by atomic mass is 10.1. The molecule has 0 amide bonds. The molecule has 0 aliphatic rings. The fraction of sp³-hybridized carbons (Fsp3) is 0.0769. The molecule has 1 N–H and O–H groups in total. The Morgan fingerprint density at radius 3 is 2.78 bits per heavy atom. The van der Waals surface area contributed by atoms with Gasteiger partial charge in [-0.25, -0.2) is 4.98 Å². The molecule has 4 nitrogen and oxygen atoms in total. The van der Waals surface area contributed by atoms with E-state index in [4.69, 9.17) is 21.4 Å².